The summed E-state index contributed by atoms with van der Waals surface area (Å²) < 4.78 is 11.7. The van der Waals surface area contributed by atoms with Crippen LogP contribution in [0.25, 0.3) is 5.95 Å². The van der Waals surface area contributed by atoms with E-state index in [1.165, 1.54) is 25.1 Å². The molecule has 0 fully saturated rings. The molecule has 0 bridgehead atoms. The summed E-state index contributed by atoms with van der Waals surface area (Å²) in [6.07, 6.45) is 1.35. The van der Waals surface area contributed by atoms with E-state index in [1.54, 1.807) is 18.2 Å². The number of benzene rings is 1. The molecule has 0 aliphatic heterocycles. The Morgan fingerprint density at radius 1 is 1.11 bits per heavy atom. The number of nitrogens with zero attached hydrogens (tertiary/aromatic N) is 5. The monoisotopic (exact) mass is 378 g/mol. The molecular weight excluding hydrogens is 360 g/mol. The molecule has 2 aromatic heterocycles. The van der Waals surface area contributed by atoms with Gasteiger partial charge in [0.15, 0.2) is 17.3 Å². The van der Waals surface area contributed by atoms with Gasteiger partial charge in [0.25, 0.3) is 11.9 Å². The highest BCUT2D eigenvalue weighted by atomic mass is 16.5. The van der Waals surface area contributed by atoms with Gasteiger partial charge in [-0.2, -0.15) is 15.0 Å². The zero-order chi connectivity index (χ0) is 20.3. The van der Waals surface area contributed by atoms with E-state index in [4.69, 9.17) is 9.47 Å². The summed E-state index contributed by atoms with van der Waals surface area (Å²) in [6, 6.07) is 8.61. The van der Waals surface area contributed by atoms with Gasteiger partial charge in [-0.25, -0.2) is 9.97 Å². The molecule has 0 radical (unpaired) electrons. The number of ether oxygens (including phenoxy) is 2. The number of anilines is 1. The SMILES string of the molecule is COc1ccc(C(=O)Nc2c(C#N)cnn2-c2nc(C)cc(C)n2)cc1OC. The summed E-state index contributed by atoms with van der Waals surface area (Å²) in [6.45, 7) is 3.66. The normalized spacial score (nSPS) is 10.2. The Morgan fingerprint density at radius 3 is 2.39 bits per heavy atom. The van der Waals surface area contributed by atoms with Crippen molar-refractivity contribution >= 4 is 11.7 Å². The van der Waals surface area contributed by atoms with Crippen molar-refractivity contribution in [2.75, 3.05) is 19.5 Å². The Morgan fingerprint density at radius 2 is 1.79 bits per heavy atom. The van der Waals surface area contributed by atoms with Crippen molar-refractivity contribution in [1.82, 2.24) is 19.7 Å². The van der Waals surface area contributed by atoms with E-state index in [-0.39, 0.29) is 17.3 Å². The molecule has 0 saturated carbocycles. The number of carbonyl (C=O) groups is 1. The minimum atomic E-state index is -0.441. The predicted molar refractivity (Wildman–Crippen MR) is 101 cm³/mol. The fraction of sp³-hybridized carbons (Fsp3) is 0.211. The third-order valence-corrected chi connectivity index (χ3v) is 3.93. The quantitative estimate of drug-likeness (QED) is 0.725. The predicted octanol–water partition coefficient (Wildman–Crippen LogP) is 2.42. The number of nitriles is 1. The van der Waals surface area contributed by atoms with Crippen LogP contribution in [0.1, 0.15) is 27.3 Å². The summed E-state index contributed by atoms with van der Waals surface area (Å²) in [5.74, 6) is 0.935. The van der Waals surface area contributed by atoms with Crippen LogP contribution in [0, 0.1) is 25.2 Å². The largest absolute Gasteiger partial charge is 0.493 e. The molecule has 0 aliphatic rings. The molecule has 0 spiro atoms. The number of hydrogen-bond donors (Lipinski definition) is 1. The molecule has 0 aliphatic carbocycles. The van der Waals surface area contributed by atoms with E-state index in [1.807, 2.05) is 26.0 Å². The van der Waals surface area contributed by atoms with Gasteiger partial charge < -0.3 is 14.8 Å². The summed E-state index contributed by atoms with van der Waals surface area (Å²) in [5.41, 5.74) is 2.01. The average molecular weight is 378 g/mol. The van der Waals surface area contributed by atoms with Gasteiger partial charge in [0, 0.05) is 17.0 Å². The Kier molecular flexibility index (Phi) is 5.22. The number of nitrogens with one attached hydrogen (secondary N) is 1. The highest BCUT2D eigenvalue weighted by molar-refractivity contribution is 6.05. The first-order chi connectivity index (χ1) is 13.5. The first-order valence-corrected chi connectivity index (χ1v) is 8.31. The number of rotatable bonds is 5. The van der Waals surface area contributed by atoms with Crippen molar-refractivity contribution in [3.8, 4) is 23.5 Å². The van der Waals surface area contributed by atoms with Crippen molar-refractivity contribution < 1.29 is 14.3 Å². The Hall–Kier alpha value is -3.93. The van der Waals surface area contributed by atoms with Gasteiger partial charge in [0.2, 0.25) is 0 Å². The maximum Gasteiger partial charge on any atom is 0.256 e. The van der Waals surface area contributed by atoms with Gasteiger partial charge in [-0.05, 0) is 38.1 Å². The molecule has 28 heavy (non-hydrogen) atoms. The van der Waals surface area contributed by atoms with Crippen LogP contribution in [0.3, 0.4) is 0 Å². The van der Waals surface area contributed by atoms with Crippen LogP contribution >= 0.6 is 0 Å². The first-order valence-electron chi connectivity index (χ1n) is 8.31. The number of carbonyl (C=O) groups excluding carboxylic acids is 1. The highest BCUT2D eigenvalue weighted by Crippen LogP contribution is 2.28. The van der Waals surface area contributed by atoms with Crippen molar-refractivity contribution in [2.45, 2.75) is 13.8 Å². The Bertz CT molecular complexity index is 1060. The maximum absolute atomic E-state index is 12.8. The smallest absolute Gasteiger partial charge is 0.256 e. The van der Waals surface area contributed by atoms with Gasteiger partial charge in [0.1, 0.15) is 11.6 Å². The molecule has 2 heterocycles. The van der Waals surface area contributed by atoms with Crippen LogP contribution in [-0.4, -0.2) is 39.9 Å². The molecule has 3 rings (SSSR count). The lowest BCUT2D eigenvalue weighted by Crippen LogP contribution is -2.17. The van der Waals surface area contributed by atoms with E-state index >= 15 is 0 Å². The minimum Gasteiger partial charge on any atom is -0.493 e. The second-order valence-electron chi connectivity index (χ2n) is 5.91. The van der Waals surface area contributed by atoms with Gasteiger partial charge in [-0.3, -0.25) is 4.79 Å². The standard InChI is InChI=1S/C19H18N6O3/c1-11-7-12(2)23-19(22-11)25-17(14(9-20)10-21-25)24-18(26)13-5-6-15(27-3)16(8-13)28-4/h5-8,10H,1-4H3,(H,24,26). The zero-order valence-electron chi connectivity index (χ0n) is 15.8. The van der Waals surface area contributed by atoms with E-state index in [0.29, 0.717) is 17.1 Å². The molecule has 9 nitrogen and oxygen atoms in total. The van der Waals surface area contributed by atoms with Gasteiger partial charge in [0.05, 0.1) is 20.4 Å². The second-order valence-corrected chi connectivity index (χ2v) is 5.91. The van der Waals surface area contributed by atoms with Crippen LogP contribution in [0.5, 0.6) is 11.5 Å². The summed E-state index contributed by atoms with van der Waals surface area (Å²) in [5, 5.41) is 16.3. The van der Waals surface area contributed by atoms with Crippen LogP contribution in [0.4, 0.5) is 5.82 Å². The van der Waals surface area contributed by atoms with Crippen LogP contribution in [-0.2, 0) is 0 Å². The summed E-state index contributed by atoms with van der Waals surface area (Å²) >= 11 is 0. The number of methoxy groups -OCH3 is 2. The molecule has 0 atom stereocenters. The van der Waals surface area contributed by atoms with E-state index in [9.17, 15) is 10.1 Å². The second kappa shape index (κ2) is 7.75. The molecule has 9 heteroatoms. The van der Waals surface area contributed by atoms with Gasteiger partial charge >= 0.3 is 0 Å². The Balaban J connectivity index is 1.99. The van der Waals surface area contributed by atoms with Gasteiger partial charge in [-0.1, -0.05) is 0 Å². The summed E-state index contributed by atoms with van der Waals surface area (Å²) in [7, 11) is 3.00. The summed E-state index contributed by atoms with van der Waals surface area (Å²) in [4.78, 5) is 21.4. The minimum absolute atomic E-state index is 0.187. The molecular formula is C19H18N6O3. The third kappa shape index (κ3) is 3.61. The van der Waals surface area contributed by atoms with Crippen molar-refractivity contribution in [1.29, 1.82) is 5.26 Å². The lowest BCUT2D eigenvalue weighted by atomic mass is 10.2. The average Bonchev–Trinajstić information content (AvgIpc) is 3.09. The molecule has 1 aromatic carbocycles. The number of aryl methyl sites for hydroxylation is 2. The molecule has 1 amide bonds. The van der Waals surface area contributed by atoms with Crippen LogP contribution < -0.4 is 14.8 Å². The third-order valence-electron chi connectivity index (χ3n) is 3.93. The van der Waals surface area contributed by atoms with Crippen LogP contribution in [0.2, 0.25) is 0 Å². The maximum atomic E-state index is 12.8. The molecule has 3 aromatic rings. The molecule has 0 saturated heterocycles. The topological polar surface area (TPSA) is 115 Å². The number of amides is 1. The zero-order valence-corrected chi connectivity index (χ0v) is 15.8. The first kappa shape index (κ1) is 18.8. The fourth-order valence-corrected chi connectivity index (χ4v) is 2.66. The molecule has 0 unspecified atom stereocenters. The van der Waals surface area contributed by atoms with Crippen molar-refractivity contribution in [3.63, 3.8) is 0 Å². The van der Waals surface area contributed by atoms with Crippen LogP contribution in [0.15, 0.2) is 30.5 Å². The lowest BCUT2D eigenvalue weighted by Gasteiger charge is -2.11. The van der Waals surface area contributed by atoms with Gasteiger partial charge in [-0.15, -0.1) is 0 Å². The molecule has 142 valence electrons. The highest BCUT2D eigenvalue weighted by Gasteiger charge is 2.19. The number of hydrogen-bond acceptors (Lipinski definition) is 7. The van der Waals surface area contributed by atoms with E-state index < -0.39 is 5.91 Å². The fourth-order valence-electron chi connectivity index (χ4n) is 2.66. The Labute approximate surface area is 161 Å². The van der Waals surface area contributed by atoms with Crippen molar-refractivity contribution in [2.24, 2.45) is 0 Å². The van der Waals surface area contributed by atoms with E-state index in [0.717, 1.165) is 11.4 Å². The molecule has 1 N–H and O–H groups in total. The van der Waals surface area contributed by atoms with E-state index in [2.05, 4.69) is 20.4 Å². The van der Waals surface area contributed by atoms with Crippen molar-refractivity contribution in [3.05, 3.63) is 53.0 Å². The lowest BCUT2D eigenvalue weighted by molar-refractivity contribution is 0.102. The number of aromatic nitrogens is 4.